The number of para-hydroxylation sites is 1. The normalized spacial score (nSPS) is 11.5. The van der Waals surface area contributed by atoms with Gasteiger partial charge in [-0.1, -0.05) is 30.3 Å². The Labute approximate surface area is 224 Å². The predicted octanol–water partition coefficient (Wildman–Crippen LogP) is 6.15. The summed E-state index contributed by atoms with van der Waals surface area (Å²) in [5.74, 6) is -0.0261. The van der Waals surface area contributed by atoms with Gasteiger partial charge in [0, 0.05) is 30.1 Å². The molecule has 0 aliphatic rings. The fourth-order valence-electron chi connectivity index (χ4n) is 3.92. The SMILES string of the molecule is COc1cccc(-c2nn(-c3ccccc3)cc2C(=O)Nc2cc(OCCCN(C)C)cc(C(F)(F)F)c2)c1. The van der Waals surface area contributed by atoms with Crippen LogP contribution in [0.1, 0.15) is 22.3 Å². The van der Waals surface area contributed by atoms with Crippen molar-refractivity contribution >= 4 is 11.6 Å². The minimum absolute atomic E-state index is 0.0203. The van der Waals surface area contributed by atoms with Crippen LogP contribution in [0.4, 0.5) is 18.9 Å². The van der Waals surface area contributed by atoms with Crippen molar-refractivity contribution in [3.8, 4) is 28.4 Å². The van der Waals surface area contributed by atoms with E-state index in [1.165, 1.54) is 13.2 Å². The van der Waals surface area contributed by atoms with Gasteiger partial charge >= 0.3 is 6.18 Å². The maximum absolute atomic E-state index is 13.7. The summed E-state index contributed by atoms with van der Waals surface area (Å²) in [6.07, 6.45) is -2.44. The number of amides is 1. The zero-order chi connectivity index (χ0) is 28.0. The van der Waals surface area contributed by atoms with E-state index in [9.17, 15) is 18.0 Å². The highest BCUT2D eigenvalue weighted by atomic mass is 19.4. The van der Waals surface area contributed by atoms with Gasteiger partial charge in [-0.3, -0.25) is 4.79 Å². The quantitative estimate of drug-likeness (QED) is 0.245. The monoisotopic (exact) mass is 538 g/mol. The number of hydrogen-bond donors (Lipinski definition) is 1. The molecular weight excluding hydrogens is 509 g/mol. The summed E-state index contributed by atoms with van der Waals surface area (Å²) < 4.78 is 53.4. The van der Waals surface area contributed by atoms with Gasteiger partial charge in [0.25, 0.3) is 5.91 Å². The minimum Gasteiger partial charge on any atom is -0.497 e. The average Bonchev–Trinajstić information content (AvgIpc) is 3.37. The van der Waals surface area contributed by atoms with E-state index in [1.807, 2.05) is 49.3 Å². The lowest BCUT2D eigenvalue weighted by Gasteiger charge is -2.15. The van der Waals surface area contributed by atoms with Gasteiger partial charge in [-0.05, 0) is 56.9 Å². The van der Waals surface area contributed by atoms with E-state index in [-0.39, 0.29) is 23.6 Å². The molecule has 0 bridgehead atoms. The van der Waals surface area contributed by atoms with E-state index in [2.05, 4.69) is 10.4 Å². The van der Waals surface area contributed by atoms with Crippen molar-refractivity contribution in [2.75, 3.05) is 39.7 Å². The number of benzene rings is 3. The Hall–Kier alpha value is -4.31. The first-order valence-corrected chi connectivity index (χ1v) is 12.2. The lowest BCUT2D eigenvalue weighted by molar-refractivity contribution is -0.137. The third kappa shape index (κ3) is 7.17. The molecule has 0 unspecified atom stereocenters. The van der Waals surface area contributed by atoms with Gasteiger partial charge in [0.1, 0.15) is 17.2 Å². The van der Waals surface area contributed by atoms with Crippen LogP contribution in [-0.4, -0.2) is 54.9 Å². The summed E-state index contributed by atoms with van der Waals surface area (Å²) in [6, 6.07) is 19.4. The third-order valence-electron chi connectivity index (χ3n) is 5.83. The van der Waals surface area contributed by atoms with E-state index in [0.717, 1.165) is 18.7 Å². The van der Waals surface area contributed by atoms with Crippen LogP contribution in [0, 0.1) is 0 Å². The lowest BCUT2D eigenvalue weighted by atomic mass is 10.1. The van der Waals surface area contributed by atoms with Crippen molar-refractivity contribution in [2.24, 2.45) is 0 Å². The molecular formula is C29H29F3N4O3. The van der Waals surface area contributed by atoms with Crippen LogP contribution in [0.2, 0.25) is 0 Å². The lowest BCUT2D eigenvalue weighted by Crippen LogP contribution is -2.16. The Morgan fingerprint density at radius 3 is 2.46 bits per heavy atom. The fourth-order valence-corrected chi connectivity index (χ4v) is 3.92. The van der Waals surface area contributed by atoms with Crippen LogP contribution < -0.4 is 14.8 Å². The number of halogens is 3. The minimum atomic E-state index is -4.62. The van der Waals surface area contributed by atoms with E-state index in [0.29, 0.717) is 29.1 Å². The van der Waals surface area contributed by atoms with Gasteiger partial charge in [-0.2, -0.15) is 18.3 Å². The summed E-state index contributed by atoms with van der Waals surface area (Å²) in [5, 5.41) is 7.23. The van der Waals surface area contributed by atoms with Crippen molar-refractivity contribution in [3.63, 3.8) is 0 Å². The van der Waals surface area contributed by atoms with Crippen LogP contribution in [-0.2, 0) is 6.18 Å². The van der Waals surface area contributed by atoms with Crippen LogP contribution in [0.25, 0.3) is 16.9 Å². The van der Waals surface area contributed by atoms with Crippen LogP contribution in [0.15, 0.2) is 79.0 Å². The maximum atomic E-state index is 13.7. The number of rotatable bonds is 10. The number of hydrogen-bond acceptors (Lipinski definition) is 5. The number of nitrogens with zero attached hydrogens (tertiary/aromatic N) is 3. The number of aromatic nitrogens is 2. The highest BCUT2D eigenvalue weighted by molar-refractivity contribution is 6.08. The van der Waals surface area contributed by atoms with E-state index < -0.39 is 17.6 Å². The first-order valence-electron chi connectivity index (χ1n) is 12.2. The number of alkyl halides is 3. The van der Waals surface area contributed by atoms with Crippen molar-refractivity contribution in [3.05, 3.63) is 90.1 Å². The second-order valence-corrected chi connectivity index (χ2v) is 9.11. The Bertz CT molecular complexity index is 1420. The van der Waals surface area contributed by atoms with Gasteiger partial charge in [0.2, 0.25) is 0 Å². The molecule has 3 aromatic carbocycles. The molecule has 0 atom stereocenters. The molecule has 1 heterocycles. The fraction of sp³-hybridized carbons (Fsp3) is 0.241. The molecule has 0 saturated carbocycles. The maximum Gasteiger partial charge on any atom is 0.416 e. The van der Waals surface area contributed by atoms with Crippen LogP contribution >= 0.6 is 0 Å². The molecule has 39 heavy (non-hydrogen) atoms. The highest BCUT2D eigenvalue weighted by Gasteiger charge is 2.32. The van der Waals surface area contributed by atoms with Crippen molar-refractivity contribution in [2.45, 2.75) is 12.6 Å². The topological polar surface area (TPSA) is 68.6 Å². The standard InChI is InChI=1S/C29H29F3N4O3/c1-35(2)13-8-14-39-25-17-21(29(30,31)32)16-22(18-25)33-28(37)26-19-36(23-10-5-4-6-11-23)34-27(26)20-9-7-12-24(15-20)38-3/h4-7,9-12,15-19H,8,13-14H2,1-3H3,(H,33,37). The van der Waals surface area contributed by atoms with Gasteiger partial charge in [-0.25, -0.2) is 4.68 Å². The second-order valence-electron chi connectivity index (χ2n) is 9.11. The summed E-state index contributed by atoms with van der Waals surface area (Å²) in [5.41, 5.74) is 0.897. The summed E-state index contributed by atoms with van der Waals surface area (Å²) in [4.78, 5) is 15.4. The van der Waals surface area contributed by atoms with Gasteiger partial charge < -0.3 is 19.7 Å². The van der Waals surface area contributed by atoms with Gasteiger partial charge in [0.15, 0.2) is 0 Å². The van der Waals surface area contributed by atoms with Gasteiger partial charge in [0.05, 0.1) is 30.5 Å². The molecule has 0 spiro atoms. The largest absolute Gasteiger partial charge is 0.497 e. The first kappa shape index (κ1) is 27.7. The van der Waals surface area contributed by atoms with Gasteiger partial charge in [-0.15, -0.1) is 0 Å². The molecule has 0 radical (unpaired) electrons. The summed E-state index contributed by atoms with van der Waals surface area (Å²) in [6.45, 7) is 0.956. The number of anilines is 1. The third-order valence-corrected chi connectivity index (χ3v) is 5.83. The number of nitrogens with one attached hydrogen (secondary N) is 1. The predicted molar refractivity (Wildman–Crippen MR) is 144 cm³/mol. The van der Waals surface area contributed by atoms with E-state index in [4.69, 9.17) is 9.47 Å². The molecule has 0 saturated heterocycles. The second kappa shape index (κ2) is 12.0. The summed E-state index contributed by atoms with van der Waals surface area (Å²) >= 11 is 0. The summed E-state index contributed by atoms with van der Waals surface area (Å²) in [7, 11) is 5.33. The Kier molecular flexibility index (Phi) is 8.55. The molecule has 0 aliphatic heterocycles. The molecule has 7 nitrogen and oxygen atoms in total. The number of carbonyl (C=O) groups excluding carboxylic acids is 1. The molecule has 1 N–H and O–H groups in total. The van der Waals surface area contributed by atoms with Crippen LogP contribution in [0.5, 0.6) is 11.5 Å². The molecule has 4 rings (SSSR count). The number of ether oxygens (including phenoxy) is 2. The first-order chi connectivity index (χ1) is 18.6. The Morgan fingerprint density at radius 2 is 1.77 bits per heavy atom. The molecule has 204 valence electrons. The molecule has 1 amide bonds. The highest BCUT2D eigenvalue weighted by Crippen LogP contribution is 2.35. The Balaban J connectivity index is 1.68. The van der Waals surface area contributed by atoms with Crippen molar-refractivity contribution in [1.29, 1.82) is 0 Å². The smallest absolute Gasteiger partial charge is 0.416 e. The van der Waals surface area contributed by atoms with Crippen molar-refractivity contribution < 1.29 is 27.4 Å². The average molecular weight is 539 g/mol. The van der Waals surface area contributed by atoms with E-state index in [1.54, 1.807) is 35.1 Å². The molecule has 0 aliphatic carbocycles. The van der Waals surface area contributed by atoms with E-state index >= 15 is 0 Å². The van der Waals surface area contributed by atoms with Crippen LogP contribution in [0.3, 0.4) is 0 Å². The number of carbonyl (C=O) groups is 1. The zero-order valence-electron chi connectivity index (χ0n) is 21.8. The van der Waals surface area contributed by atoms with Crippen molar-refractivity contribution in [1.82, 2.24) is 14.7 Å². The molecule has 10 heteroatoms. The molecule has 4 aromatic rings. The zero-order valence-corrected chi connectivity index (χ0v) is 21.8. The Morgan fingerprint density at radius 1 is 1.00 bits per heavy atom. The molecule has 0 fully saturated rings. The number of methoxy groups -OCH3 is 1. The molecule has 1 aromatic heterocycles.